The van der Waals surface area contributed by atoms with Crippen LogP contribution in [0.4, 0.5) is 10.5 Å². The number of halogens is 1. The average molecular weight is 557 g/mol. The van der Waals surface area contributed by atoms with Crippen LogP contribution in [0.3, 0.4) is 0 Å². The zero-order valence-electron chi connectivity index (χ0n) is 18.1. The number of nitrogens with zero attached hydrogens (tertiary/aromatic N) is 1. The van der Waals surface area contributed by atoms with Gasteiger partial charge < -0.3 is 9.29 Å². The van der Waals surface area contributed by atoms with Crippen LogP contribution in [0.1, 0.15) is 11.1 Å². The van der Waals surface area contributed by atoms with Gasteiger partial charge in [0, 0.05) is 10.0 Å². The van der Waals surface area contributed by atoms with Crippen molar-refractivity contribution in [2.75, 3.05) is 4.90 Å². The number of phenols is 1. The molecule has 3 aromatic rings. The first kappa shape index (κ1) is 24.2. The maximum atomic E-state index is 13.1. The number of imide groups is 2. The molecule has 0 radical (unpaired) electrons. The maximum absolute atomic E-state index is 13.1. The van der Waals surface area contributed by atoms with Crippen LogP contribution in [0.5, 0.6) is 11.5 Å². The summed E-state index contributed by atoms with van der Waals surface area (Å²) in [4.78, 5) is 38.7. The summed E-state index contributed by atoms with van der Waals surface area (Å²) >= 11 is 3.28. The molecule has 0 atom stereocenters. The quantitative estimate of drug-likeness (QED) is 0.277. The van der Waals surface area contributed by atoms with E-state index in [4.69, 9.17) is 4.18 Å². The number of phenolic OH excluding ortho intramolecular Hbond substituents is 1. The smallest absolute Gasteiger partial charge is 0.339 e. The van der Waals surface area contributed by atoms with E-state index in [0.29, 0.717) is 4.47 Å². The normalized spacial score (nSPS) is 15.3. The molecule has 0 aromatic heterocycles. The Morgan fingerprint density at radius 2 is 1.63 bits per heavy atom. The van der Waals surface area contributed by atoms with Crippen molar-refractivity contribution in [3.63, 3.8) is 0 Å². The Hall–Kier alpha value is -3.96. The minimum absolute atomic E-state index is 0.0693. The summed E-state index contributed by atoms with van der Waals surface area (Å²) in [6, 6.07) is 14.7. The molecule has 3 aromatic carbocycles. The van der Waals surface area contributed by atoms with Crippen molar-refractivity contribution >= 4 is 55.7 Å². The van der Waals surface area contributed by atoms with E-state index in [9.17, 15) is 27.9 Å². The zero-order chi connectivity index (χ0) is 25.3. The molecule has 9 nitrogen and oxygen atoms in total. The summed E-state index contributed by atoms with van der Waals surface area (Å²) in [6.45, 7) is 1.81. The van der Waals surface area contributed by atoms with Crippen LogP contribution in [0.25, 0.3) is 6.08 Å². The molecule has 35 heavy (non-hydrogen) atoms. The molecule has 1 fully saturated rings. The second-order valence-electron chi connectivity index (χ2n) is 7.51. The summed E-state index contributed by atoms with van der Waals surface area (Å²) in [7, 11) is -4.22. The summed E-state index contributed by atoms with van der Waals surface area (Å²) in [5.41, 5.74) is 0.672. The highest BCUT2D eigenvalue weighted by Gasteiger charge is 2.37. The first-order chi connectivity index (χ1) is 16.5. The lowest BCUT2D eigenvalue weighted by atomic mass is 10.1. The summed E-state index contributed by atoms with van der Waals surface area (Å²) in [5, 5.41) is 11.6. The number of aryl methyl sites for hydroxylation is 1. The van der Waals surface area contributed by atoms with Gasteiger partial charge in [0.1, 0.15) is 22.0 Å². The molecule has 1 heterocycles. The van der Waals surface area contributed by atoms with E-state index in [1.54, 1.807) is 12.1 Å². The summed E-state index contributed by atoms with van der Waals surface area (Å²) < 4.78 is 31.5. The van der Waals surface area contributed by atoms with Crippen molar-refractivity contribution in [1.29, 1.82) is 0 Å². The Labute approximate surface area is 208 Å². The number of nitrogens with one attached hydrogen (secondary N) is 1. The van der Waals surface area contributed by atoms with Gasteiger partial charge in [0.2, 0.25) is 0 Å². The standard InChI is InChI=1S/C24H17BrN2O7S/c1-14-2-9-19(10-3-14)35(32,33)34-21-11-4-16(25)12-15(21)13-20-22(29)26-24(31)27(23(20)30)17-5-7-18(28)8-6-17/h2-13,28H,1H3,(H,26,29,31)/b20-13+. The SMILES string of the molecule is Cc1ccc(S(=O)(=O)Oc2ccc(Br)cc2/C=C2\C(=O)NC(=O)N(c3ccc(O)cc3)C2=O)cc1. The van der Waals surface area contributed by atoms with Gasteiger partial charge in [-0.25, -0.2) is 9.69 Å². The Morgan fingerprint density at radius 1 is 0.971 bits per heavy atom. The fraction of sp³-hybridized carbons (Fsp3) is 0.0417. The minimum Gasteiger partial charge on any atom is -0.508 e. The van der Waals surface area contributed by atoms with Gasteiger partial charge >= 0.3 is 16.1 Å². The molecular formula is C24H17BrN2O7S. The Kier molecular flexibility index (Phi) is 6.46. The van der Waals surface area contributed by atoms with Crippen molar-refractivity contribution in [3.8, 4) is 11.5 Å². The highest BCUT2D eigenvalue weighted by atomic mass is 79.9. The molecule has 0 aliphatic carbocycles. The monoisotopic (exact) mass is 556 g/mol. The van der Waals surface area contributed by atoms with E-state index in [1.165, 1.54) is 54.6 Å². The van der Waals surface area contributed by atoms with Gasteiger partial charge in [0.05, 0.1) is 5.69 Å². The number of carbonyl (C=O) groups excluding carboxylic acids is 3. The van der Waals surface area contributed by atoms with Crippen molar-refractivity contribution in [1.82, 2.24) is 5.32 Å². The van der Waals surface area contributed by atoms with E-state index in [0.717, 1.165) is 16.5 Å². The molecule has 0 saturated carbocycles. The van der Waals surface area contributed by atoms with E-state index < -0.39 is 33.5 Å². The van der Waals surface area contributed by atoms with Crippen LogP contribution in [0.2, 0.25) is 0 Å². The maximum Gasteiger partial charge on any atom is 0.339 e. The molecule has 178 valence electrons. The molecule has 0 bridgehead atoms. The number of benzene rings is 3. The number of anilines is 1. The highest BCUT2D eigenvalue weighted by molar-refractivity contribution is 9.10. The van der Waals surface area contributed by atoms with Gasteiger partial charge in [-0.15, -0.1) is 0 Å². The van der Waals surface area contributed by atoms with Crippen molar-refractivity contribution < 1.29 is 32.1 Å². The molecule has 11 heteroatoms. The molecule has 4 rings (SSSR count). The number of carbonyl (C=O) groups is 3. The Morgan fingerprint density at radius 3 is 2.29 bits per heavy atom. The molecule has 0 spiro atoms. The van der Waals surface area contributed by atoms with Crippen LogP contribution in [-0.2, 0) is 19.7 Å². The first-order valence-corrected chi connectivity index (χ1v) is 12.3. The van der Waals surface area contributed by atoms with Gasteiger partial charge in [-0.05, 0) is 67.6 Å². The van der Waals surface area contributed by atoms with E-state index in [1.807, 2.05) is 6.92 Å². The van der Waals surface area contributed by atoms with Crippen LogP contribution < -0.4 is 14.4 Å². The lowest BCUT2D eigenvalue weighted by Crippen LogP contribution is -2.54. The predicted molar refractivity (Wildman–Crippen MR) is 130 cm³/mol. The van der Waals surface area contributed by atoms with Gasteiger partial charge in [-0.2, -0.15) is 8.42 Å². The lowest BCUT2D eigenvalue weighted by Gasteiger charge is -2.26. The van der Waals surface area contributed by atoms with Crippen molar-refractivity contribution in [3.05, 3.63) is 87.9 Å². The largest absolute Gasteiger partial charge is 0.508 e. The van der Waals surface area contributed by atoms with Gasteiger partial charge in [0.15, 0.2) is 0 Å². The number of hydrogen-bond acceptors (Lipinski definition) is 7. The second-order valence-corrected chi connectivity index (χ2v) is 9.97. The molecule has 0 unspecified atom stereocenters. The minimum atomic E-state index is -4.22. The van der Waals surface area contributed by atoms with Gasteiger partial charge in [-0.1, -0.05) is 33.6 Å². The Balaban J connectivity index is 1.74. The number of urea groups is 1. The predicted octanol–water partition coefficient (Wildman–Crippen LogP) is 3.90. The summed E-state index contributed by atoms with van der Waals surface area (Å²) in [6.07, 6.45) is 1.14. The Bertz CT molecular complexity index is 1480. The molecule has 2 N–H and O–H groups in total. The molecule has 1 saturated heterocycles. The third kappa shape index (κ3) is 5.10. The first-order valence-electron chi connectivity index (χ1n) is 10.1. The number of rotatable bonds is 5. The van der Waals surface area contributed by atoms with E-state index >= 15 is 0 Å². The molecular weight excluding hydrogens is 540 g/mol. The average Bonchev–Trinajstić information content (AvgIpc) is 2.79. The number of hydrogen-bond donors (Lipinski definition) is 2. The second kappa shape index (κ2) is 9.35. The molecule has 4 amide bonds. The fourth-order valence-corrected chi connectivity index (χ4v) is 4.56. The molecule has 1 aliphatic heterocycles. The lowest BCUT2D eigenvalue weighted by molar-refractivity contribution is -0.122. The van der Waals surface area contributed by atoms with Gasteiger partial charge in [0.25, 0.3) is 11.8 Å². The number of amides is 4. The molecule has 1 aliphatic rings. The van der Waals surface area contributed by atoms with E-state index in [2.05, 4.69) is 21.2 Å². The van der Waals surface area contributed by atoms with Crippen LogP contribution in [0, 0.1) is 6.92 Å². The highest BCUT2D eigenvalue weighted by Crippen LogP contribution is 2.30. The van der Waals surface area contributed by atoms with Crippen molar-refractivity contribution in [2.45, 2.75) is 11.8 Å². The third-order valence-electron chi connectivity index (χ3n) is 4.99. The fourth-order valence-electron chi connectivity index (χ4n) is 3.23. The third-order valence-corrected chi connectivity index (χ3v) is 6.73. The van der Waals surface area contributed by atoms with Crippen LogP contribution in [0.15, 0.2) is 81.7 Å². The topological polar surface area (TPSA) is 130 Å². The van der Waals surface area contributed by atoms with Crippen LogP contribution in [-0.4, -0.2) is 31.4 Å². The zero-order valence-corrected chi connectivity index (χ0v) is 20.5. The van der Waals surface area contributed by atoms with Crippen LogP contribution >= 0.6 is 15.9 Å². The summed E-state index contributed by atoms with van der Waals surface area (Å²) in [5.74, 6) is -2.09. The number of aromatic hydroxyl groups is 1. The number of barbiturate groups is 1. The van der Waals surface area contributed by atoms with Gasteiger partial charge in [-0.3, -0.25) is 14.9 Å². The van der Waals surface area contributed by atoms with E-state index in [-0.39, 0.29) is 27.6 Å². The van der Waals surface area contributed by atoms with Crippen molar-refractivity contribution in [2.24, 2.45) is 0 Å².